The van der Waals surface area contributed by atoms with Gasteiger partial charge >= 0.3 is 26.8 Å². The largest absolute Gasteiger partial charge is 0.478 e. The lowest BCUT2D eigenvalue weighted by molar-refractivity contribution is 0.0694. The fourth-order valence-corrected chi connectivity index (χ4v) is 8.35. The van der Waals surface area contributed by atoms with Crippen LogP contribution in [0.3, 0.4) is 0 Å². The van der Waals surface area contributed by atoms with Crippen LogP contribution in [0.4, 0.5) is 22.7 Å². The van der Waals surface area contributed by atoms with Crippen molar-refractivity contribution in [1.29, 1.82) is 0 Å². The second-order valence-electron chi connectivity index (χ2n) is 11.7. The molecular weight excluding hydrogens is 909 g/mol. The van der Waals surface area contributed by atoms with Gasteiger partial charge in [-0.3, -0.25) is 34.1 Å². The van der Waals surface area contributed by atoms with Crippen molar-refractivity contribution < 1.29 is 74.0 Å². The number of hydrogen-bond acceptors (Lipinski definition) is 21. The zero-order valence-electron chi connectivity index (χ0n) is 29.9. The van der Waals surface area contributed by atoms with E-state index in [1.54, 1.807) is 0 Å². The van der Waals surface area contributed by atoms with E-state index >= 15 is 0 Å². The van der Waals surface area contributed by atoms with E-state index in [1.165, 1.54) is 37.3 Å². The Bertz CT molecular complexity index is 3190. The zero-order chi connectivity index (χ0) is 44.8. The van der Waals surface area contributed by atoms with Crippen molar-refractivity contribution in [3.63, 3.8) is 0 Å². The molecule has 4 aromatic rings. The van der Waals surface area contributed by atoms with Gasteiger partial charge in [0.05, 0.1) is 57.1 Å². The molecule has 0 heterocycles. The van der Waals surface area contributed by atoms with Gasteiger partial charge in [-0.1, -0.05) is 0 Å². The minimum Gasteiger partial charge on any atom is -0.478 e. The van der Waals surface area contributed by atoms with Gasteiger partial charge in [-0.05, 0) is 73.2 Å². The fourth-order valence-electron chi connectivity index (χ4n) is 4.63. The Labute approximate surface area is 338 Å². The van der Waals surface area contributed by atoms with Gasteiger partial charge in [0, 0.05) is 6.07 Å². The molecule has 0 amide bonds. The molecule has 0 aromatic heterocycles. The second kappa shape index (κ2) is 18.3. The summed E-state index contributed by atoms with van der Waals surface area (Å²) >= 11 is 0. The number of carbonyl (C=O) groups is 1. The van der Waals surface area contributed by atoms with E-state index in [0.717, 1.165) is 24.3 Å². The molecule has 0 saturated heterocycles. The molecule has 0 unspecified atom stereocenters. The van der Waals surface area contributed by atoms with E-state index in [-0.39, 0.29) is 22.0 Å². The summed E-state index contributed by atoms with van der Waals surface area (Å²) in [4.78, 5) is 35.9. The Morgan fingerprint density at radius 1 is 0.633 bits per heavy atom. The lowest BCUT2D eigenvalue weighted by Crippen LogP contribution is -2.50. The van der Waals surface area contributed by atoms with E-state index in [9.17, 15) is 66.1 Å². The summed E-state index contributed by atoms with van der Waals surface area (Å²) < 4.78 is 152. The first-order chi connectivity index (χ1) is 27.7. The lowest BCUT2D eigenvalue weighted by atomic mass is 10.2. The maximum Gasteiger partial charge on any atom is 0.397 e. The molecule has 322 valence electrons. The Morgan fingerprint density at radius 3 is 1.65 bits per heavy atom. The van der Waals surface area contributed by atoms with Gasteiger partial charge in [-0.15, -0.1) is 5.11 Å². The Hall–Kier alpha value is -5.70. The van der Waals surface area contributed by atoms with Gasteiger partial charge in [-0.25, -0.2) is 30.0 Å². The minimum absolute atomic E-state index is 0.0376. The van der Waals surface area contributed by atoms with Gasteiger partial charge in [0.2, 0.25) is 10.9 Å². The molecule has 4 aromatic carbocycles. The number of rotatable bonds is 18. The summed E-state index contributed by atoms with van der Waals surface area (Å²) in [7, 11) is -23.4. The molecule has 60 heavy (non-hydrogen) atoms. The number of carboxylic acids is 1. The van der Waals surface area contributed by atoms with E-state index in [4.69, 9.17) is 9.11 Å². The van der Waals surface area contributed by atoms with Crippen LogP contribution in [0, 0.1) is 6.92 Å². The highest BCUT2D eigenvalue weighted by Crippen LogP contribution is 2.31. The van der Waals surface area contributed by atoms with Gasteiger partial charge < -0.3 is 5.11 Å². The molecule has 0 spiro atoms. The van der Waals surface area contributed by atoms with Crippen LogP contribution >= 0.6 is 0 Å². The summed E-state index contributed by atoms with van der Waals surface area (Å²) in [5.41, 5.74) is 1.74. The van der Waals surface area contributed by atoms with Crippen molar-refractivity contribution in [3.8, 4) is 0 Å². The van der Waals surface area contributed by atoms with Crippen molar-refractivity contribution in [2.45, 2.75) is 21.6 Å². The molecule has 0 radical (unpaired) electrons. The van der Waals surface area contributed by atoms with Crippen LogP contribution in [-0.4, -0.2) is 91.5 Å². The van der Waals surface area contributed by atoms with Crippen LogP contribution in [-0.2, 0) is 59.0 Å². The quantitative estimate of drug-likeness (QED) is 0.0434. The van der Waals surface area contributed by atoms with Crippen LogP contribution in [0.5, 0.6) is 0 Å². The molecule has 25 nitrogen and oxygen atoms in total. The standard InChI is InChI=1S/C30H28N6O19S5/c1-17-14-19(4-8-23(17)33-34-24-9-7-21(15-26(24)58(45,46)47)57(43,44)13-11-55-60(51,52)53)32-36-28-25(37)16-22(30(39)40)27(29(28)38)35-31-18-2-5-20(6-3-18)56(41,42)12-10-54-59(48,49)50/h2-9,14-16,31-32H,10-13H2,1H3,(H,39,40)(H,45,46,47)(H,48,49,50)(H,51,52,53). The maximum atomic E-state index is 13.3. The number of hydrogen-bond donors (Lipinski definition) is 6. The third kappa shape index (κ3) is 12.9. The molecule has 6 N–H and O–H groups in total. The van der Waals surface area contributed by atoms with Crippen molar-refractivity contribution in [2.24, 2.45) is 20.4 Å². The molecule has 0 bridgehead atoms. The van der Waals surface area contributed by atoms with Crippen LogP contribution in [0.2, 0.25) is 0 Å². The average Bonchev–Trinajstić information content (AvgIpc) is 3.12. The Morgan fingerprint density at radius 2 is 1.12 bits per heavy atom. The van der Waals surface area contributed by atoms with Gasteiger partial charge in [0.15, 0.2) is 25.0 Å². The fraction of sp³-hybridized carbons (Fsp3) is 0.167. The molecule has 30 heteroatoms. The summed E-state index contributed by atoms with van der Waals surface area (Å²) in [6.45, 7) is -0.386. The normalized spacial score (nSPS) is 13.5. The lowest BCUT2D eigenvalue weighted by Gasteiger charge is -2.08. The zero-order valence-corrected chi connectivity index (χ0v) is 34.0. The number of aryl methyl sites for hydroxylation is 1. The molecule has 0 saturated carbocycles. The molecule has 0 atom stereocenters. The maximum absolute atomic E-state index is 13.3. The number of carboxylic acid groups (broad SMARTS) is 1. The van der Waals surface area contributed by atoms with Gasteiger partial charge in [-0.2, -0.15) is 40.6 Å². The Kier molecular flexibility index (Phi) is 14.3. The first-order valence-corrected chi connectivity index (χ1v) is 23.3. The van der Waals surface area contributed by atoms with Crippen molar-refractivity contribution in [1.82, 2.24) is 0 Å². The van der Waals surface area contributed by atoms with Crippen LogP contribution in [0.25, 0.3) is 0 Å². The minimum atomic E-state index is -5.11. The monoisotopic (exact) mass is 936 g/mol. The molecule has 0 aliphatic rings. The molecular formula is C30H28N6O19S5. The highest BCUT2D eigenvalue weighted by molar-refractivity contribution is 7.92. The van der Waals surface area contributed by atoms with E-state index < -0.39 is 124 Å². The molecule has 0 aliphatic carbocycles. The van der Waals surface area contributed by atoms with Crippen LogP contribution in [0.1, 0.15) is 15.9 Å². The van der Waals surface area contributed by atoms with E-state index in [2.05, 4.69) is 39.6 Å². The molecule has 0 fully saturated rings. The topological polar surface area (TPSA) is 395 Å². The first kappa shape index (κ1) is 47.0. The number of benzene rings is 4. The SMILES string of the molecule is Cc1cc(NN=c2c(=O)cc(C(=O)O)c(=NNc3ccc(S(=O)(=O)CCOS(=O)(=O)O)cc3)c2=O)ccc1N=Nc1ccc(S(=O)(=O)CCOS(=O)(=O)O)cc1S(=O)(=O)O. The third-order valence-electron chi connectivity index (χ3n) is 7.43. The molecule has 4 rings (SSSR count). The predicted octanol–water partition coefficient (Wildman–Crippen LogP) is -0.00688. The summed E-state index contributed by atoms with van der Waals surface area (Å²) in [6.07, 6.45) is 0. The Balaban J connectivity index is 1.58. The second-order valence-corrected chi connectivity index (χ2v) is 19.5. The van der Waals surface area contributed by atoms with Crippen molar-refractivity contribution >= 4 is 79.3 Å². The van der Waals surface area contributed by atoms with Crippen molar-refractivity contribution in [2.75, 3.05) is 35.6 Å². The average molecular weight is 937 g/mol. The highest BCUT2D eigenvalue weighted by atomic mass is 32.3. The van der Waals surface area contributed by atoms with E-state index in [0.29, 0.717) is 17.7 Å². The van der Waals surface area contributed by atoms with Gasteiger partial charge in [0.1, 0.15) is 15.9 Å². The van der Waals surface area contributed by atoms with Crippen LogP contribution in [0.15, 0.2) is 111 Å². The molecule has 0 aliphatic heterocycles. The summed E-state index contributed by atoms with van der Waals surface area (Å²) in [5.74, 6) is -3.52. The summed E-state index contributed by atoms with van der Waals surface area (Å²) in [6, 6.07) is 11.4. The van der Waals surface area contributed by atoms with E-state index in [1.807, 2.05) is 0 Å². The highest BCUT2D eigenvalue weighted by Gasteiger charge is 2.23. The number of azo groups is 1. The van der Waals surface area contributed by atoms with Gasteiger partial charge in [0.25, 0.3) is 10.1 Å². The summed E-state index contributed by atoms with van der Waals surface area (Å²) in [5, 5.41) is 23.3. The number of anilines is 2. The smallest absolute Gasteiger partial charge is 0.397 e. The van der Waals surface area contributed by atoms with Crippen molar-refractivity contribution in [3.05, 3.63) is 109 Å². The number of sulfone groups is 2. The number of nitrogens with zero attached hydrogens (tertiary/aromatic N) is 4. The third-order valence-corrected chi connectivity index (χ3v) is 12.6. The number of aromatic carboxylic acids is 1. The first-order valence-electron chi connectivity index (χ1n) is 15.8. The number of nitrogens with one attached hydrogen (secondary N) is 2. The van der Waals surface area contributed by atoms with Crippen LogP contribution < -0.4 is 32.4 Å². The predicted molar refractivity (Wildman–Crippen MR) is 204 cm³/mol.